The van der Waals surface area contributed by atoms with E-state index in [1.165, 1.54) is 5.69 Å². The van der Waals surface area contributed by atoms with Crippen LogP contribution in [0, 0.1) is 28.6 Å². The van der Waals surface area contributed by atoms with Crippen LogP contribution in [0.2, 0.25) is 0 Å². The first-order valence-corrected chi connectivity index (χ1v) is 14.8. The molecule has 8 aromatic rings. The van der Waals surface area contributed by atoms with E-state index in [0.29, 0.717) is 5.56 Å². The molecule has 0 spiro atoms. The van der Waals surface area contributed by atoms with E-state index in [4.69, 9.17) is 4.42 Å². The van der Waals surface area contributed by atoms with Crippen molar-refractivity contribution in [3.8, 4) is 23.5 Å². The number of furan rings is 1. The van der Waals surface area contributed by atoms with Crippen molar-refractivity contribution < 1.29 is 4.42 Å². The van der Waals surface area contributed by atoms with Gasteiger partial charge in [-0.05, 0) is 85.1 Å². The highest BCUT2D eigenvalue weighted by Crippen LogP contribution is 2.40. The topological polar surface area (TPSA) is 70.6 Å². The molecule has 206 valence electrons. The highest BCUT2D eigenvalue weighted by Gasteiger charge is 2.25. The number of hydrogen-bond donors (Lipinski definition) is 0. The van der Waals surface area contributed by atoms with E-state index < -0.39 is 0 Å². The summed E-state index contributed by atoms with van der Waals surface area (Å²) in [5.74, 6) is 0.159. The first-order valence-electron chi connectivity index (χ1n) is 14.8. The molecule has 5 heteroatoms. The smallest absolute Gasteiger partial charge is 0.135 e. The van der Waals surface area contributed by atoms with Crippen LogP contribution in [0.5, 0.6) is 0 Å². The van der Waals surface area contributed by atoms with Gasteiger partial charge >= 0.3 is 0 Å². The predicted molar refractivity (Wildman–Crippen MR) is 176 cm³/mol. The van der Waals surface area contributed by atoms with Crippen LogP contribution < -0.4 is 0 Å². The molecule has 3 heterocycles. The molecule has 0 bridgehead atoms. The lowest BCUT2D eigenvalue weighted by Crippen LogP contribution is -2.12. The number of hydrogen-bond acceptors (Lipinski definition) is 3. The highest BCUT2D eigenvalue weighted by atomic mass is 16.3. The zero-order chi connectivity index (χ0) is 29.5. The standard InChI is InChI=1S/C39H24N4O/c1-23-16-37-31(18-25(23)22-41)29-7-3-5-9-35(29)43(37)27-12-15-39-33(20-27)32-19-26(11-14-38(32)44-39)42-34-8-4-2-6-28(34)30-17-24(21-40)10-13-36(30)42/h2-15,17-20,23H,16H2,1H3. The first-order chi connectivity index (χ1) is 21.6. The second kappa shape index (κ2) is 8.98. The molecule has 5 aromatic carbocycles. The van der Waals surface area contributed by atoms with Crippen LogP contribution in [0.1, 0.15) is 23.7 Å². The van der Waals surface area contributed by atoms with Gasteiger partial charge in [0.05, 0.1) is 34.3 Å². The SMILES string of the molecule is CC1Cc2c(c3ccccc3n2-c2ccc3oc4ccc(-n5c6ccccc6c6cc(C#N)ccc65)cc4c3c2)C=C1C#N. The number of fused-ring (bicyclic) bond motifs is 9. The molecule has 44 heavy (non-hydrogen) atoms. The van der Waals surface area contributed by atoms with E-state index in [-0.39, 0.29) is 5.92 Å². The second-order valence-electron chi connectivity index (χ2n) is 11.7. The van der Waals surface area contributed by atoms with E-state index in [1.807, 2.05) is 24.3 Å². The van der Waals surface area contributed by atoms with Gasteiger partial charge in [-0.2, -0.15) is 10.5 Å². The maximum absolute atomic E-state index is 9.76. The Balaban J connectivity index is 1.28. The second-order valence-corrected chi connectivity index (χ2v) is 11.7. The Morgan fingerprint density at radius 1 is 0.636 bits per heavy atom. The lowest BCUT2D eigenvalue weighted by Gasteiger charge is -2.19. The summed E-state index contributed by atoms with van der Waals surface area (Å²) in [5, 5.41) is 24.7. The van der Waals surface area contributed by atoms with Gasteiger partial charge in [-0.3, -0.25) is 0 Å². The third-order valence-electron chi connectivity index (χ3n) is 9.23. The molecular weight excluding hydrogens is 540 g/mol. The Bertz CT molecular complexity index is 2630. The van der Waals surface area contributed by atoms with Gasteiger partial charge in [0.1, 0.15) is 11.2 Å². The summed E-state index contributed by atoms with van der Waals surface area (Å²) in [6.45, 7) is 2.13. The van der Waals surface area contributed by atoms with Gasteiger partial charge in [-0.15, -0.1) is 0 Å². The third kappa shape index (κ3) is 3.33. The quantitative estimate of drug-likeness (QED) is 0.210. The molecule has 0 saturated heterocycles. The number of para-hydroxylation sites is 2. The van der Waals surface area contributed by atoms with Gasteiger partial charge < -0.3 is 13.6 Å². The molecule has 1 atom stereocenters. The summed E-state index contributed by atoms with van der Waals surface area (Å²) in [6, 6.07) is 40.2. The van der Waals surface area contributed by atoms with Crippen LogP contribution in [-0.2, 0) is 6.42 Å². The Kier molecular flexibility index (Phi) is 5.01. The van der Waals surface area contributed by atoms with Crippen molar-refractivity contribution in [1.29, 1.82) is 10.5 Å². The zero-order valence-corrected chi connectivity index (χ0v) is 23.9. The van der Waals surface area contributed by atoms with E-state index in [9.17, 15) is 10.5 Å². The van der Waals surface area contributed by atoms with E-state index >= 15 is 0 Å². The Labute approximate surface area is 252 Å². The zero-order valence-electron chi connectivity index (χ0n) is 23.9. The first kappa shape index (κ1) is 24.5. The van der Waals surface area contributed by atoms with Crippen LogP contribution in [0.3, 0.4) is 0 Å². The molecule has 1 unspecified atom stereocenters. The van der Waals surface area contributed by atoms with Crippen LogP contribution in [0.15, 0.2) is 113 Å². The van der Waals surface area contributed by atoms with Gasteiger partial charge in [-0.25, -0.2) is 0 Å². The summed E-state index contributed by atoms with van der Waals surface area (Å²) in [7, 11) is 0. The van der Waals surface area contributed by atoms with Crippen LogP contribution >= 0.6 is 0 Å². The largest absolute Gasteiger partial charge is 0.456 e. The number of aromatic nitrogens is 2. The molecule has 9 rings (SSSR count). The minimum absolute atomic E-state index is 0.159. The van der Waals surface area contributed by atoms with Gasteiger partial charge in [0, 0.05) is 55.1 Å². The van der Waals surface area contributed by atoms with Crippen molar-refractivity contribution in [3.63, 3.8) is 0 Å². The fraction of sp³-hybridized carbons (Fsp3) is 0.0769. The summed E-state index contributed by atoms with van der Waals surface area (Å²) < 4.78 is 11.0. The summed E-state index contributed by atoms with van der Waals surface area (Å²) in [4.78, 5) is 0. The van der Waals surface area contributed by atoms with Crippen molar-refractivity contribution in [1.82, 2.24) is 9.13 Å². The molecule has 0 fully saturated rings. The maximum Gasteiger partial charge on any atom is 0.135 e. The molecule has 0 saturated carbocycles. The highest BCUT2D eigenvalue weighted by molar-refractivity contribution is 6.11. The average molecular weight is 565 g/mol. The average Bonchev–Trinajstić information content (AvgIpc) is 3.70. The Morgan fingerprint density at radius 2 is 1.27 bits per heavy atom. The van der Waals surface area contributed by atoms with Gasteiger partial charge in [-0.1, -0.05) is 43.3 Å². The van der Waals surface area contributed by atoms with Gasteiger partial charge in [0.15, 0.2) is 0 Å². The molecule has 1 aliphatic rings. The fourth-order valence-electron chi connectivity index (χ4n) is 7.17. The van der Waals surface area contributed by atoms with Crippen LogP contribution in [0.4, 0.5) is 0 Å². The number of allylic oxidation sites excluding steroid dienone is 1. The summed E-state index contributed by atoms with van der Waals surface area (Å²) >= 11 is 0. The monoisotopic (exact) mass is 564 g/mol. The molecule has 0 N–H and O–H groups in total. The minimum atomic E-state index is 0.159. The number of benzene rings is 5. The molecule has 1 aliphatic carbocycles. The van der Waals surface area contributed by atoms with E-state index in [0.717, 1.165) is 83.6 Å². The van der Waals surface area contributed by atoms with Crippen LogP contribution in [0.25, 0.3) is 72.1 Å². The van der Waals surface area contributed by atoms with E-state index in [2.05, 4.69) is 113 Å². The Morgan fingerprint density at radius 3 is 1.98 bits per heavy atom. The summed E-state index contributed by atoms with van der Waals surface area (Å²) in [6.07, 6.45) is 2.88. The van der Waals surface area contributed by atoms with Crippen LogP contribution in [-0.4, -0.2) is 9.13 Å². The summed E-state index contributed by atoms with van der Waals surface area (Å²) in [5.41, 5.74) is 10.9. The number of nitriles is 2. The van der Waals surface area contributed by atoms with Crippen molar-refractivity contribution in [2.75, 3.05) is 0 Å². The van der Waals surface area contributed by atoms with Crippen molar-refractivity contribution in [2.24, 2.45) is 5.92 Å². The van der Waals surface area contributed by atoms with Gasteiger partial charge in [0.25, 0.3) is 0 Å². The number of rotatable bonds is 2. The number of nitrogens with zero attached hydrogens (tertiary/aromatic N) is 4. The Hall–Kier alpha value is -6.04. The van der Waals surface area contributed by atoms with Crippen molar-refractivity contribution in [2.45, 2.75) is 13.3 Å². The molecule has 0 radical (unpaired) electrons. The lowest BCUT2D eigenvalue weighted by atomic mass is 9.88. The predicted octanol–water partition coefficient (Wildman–Crippen LogP) is 9.60. The molecule has 0 amide bonds. The molecule has 5 nitrogen and oxygen atoms in total. The maximum atomic E-state index is 9.76. The lowest BCUT2D eigenvalue weighted by molar-refractivity contribution is 0.665. The normalized spacial score (nSPS) is 14.7. The fourth-order valence-corrected chi connectivity index (χ4v) is 7.17. The third-order valence-corrected chi connectivity index (χ3v) is 9.23. The molecule has 0 aliphatic heterocycles. The van der Waals surface area contributed by atoms with Gasteiger partial charge in [0.2, 0.25) is 0 Å². The molecule has 3 aromatic heterocycles. The van der Waals surface area contributed by atoms with Crippen molar-refractivity contribution in [3.05, 3.63) is 126 Å². The molecular formula is C39H24N4O. The minimum Gasteiger partial charge on any atom is -0.456 e. The van der Waals surface area contributed by atoms with E-state index in [1.54, 1.807) is 0 Å². The van der Waals surface area contributed by atoms with Crippen molar-refractivity contribution >= 4 is 60.7 Å².